The lowest BCUT2D eigenvalue weighted by Crippen LogP contribution is -2.03. The van der Waals surface area contributed by atoms with E-state index in [1.165, 1.54) is 24.4 Å². The van der Waals surface area contributed by atoms with Gasteiger partial charge in [0.2, 0.25) is 0 Å². The van der Waals surface area contributed by atoms with E-state index in [1.54, 1.807) is 24.3 Å². The molecule has 106 valence electrons. The van der Waals surface area contributed by atoms with Crippen molar-refractivity contribution < 1.29 is 13.5 Å². The van der Waals surface area contributed by atoms with Crippen molar-refractivity contribution in [3.63, 3.8) is 0 Å². The van der Waals surface area contributed by atoms with Gasteiger partial charge in [0.15, 0.2) is 0 Å². The van der Waals surface area contributed by atoms with Crippen LogP contribution in [-0.2, 0) is 11.0 Å². The molecular formula is C15H17FNO2P. The minimum atomic E-state index is -3.18. The summed E-state index contributed by atoms with van der Waals surface area (Å²) >= 11 is 0. The summed E-state index contributed by atoms with van der Waals surface area (Å²) in [4.78, 5) is 0. The van der Waals surface area contributed by atoms with E-state index >= 15 is 0 Å². The first kappa shape index (κ1) is 14.6. The second kappa shape index (κ2) is 6.10. The minimum absolute atomic E-state index is 0.170. The lowest BCUT2D eigenvalue weighted by molar-refractivity contribution is 0.493. The summed E-state index contributed by atoms with van der Waals surface area (Å²) in [6.07, 6.45) is 0.928. The highest BCUT2D eigenvalue weighted by atomic mass is 31.2. The lowest BCUT2D eigenvalue weighted by atomic mass is 10.2. The molecule has 1 N–H and O–H groups in total. The zero-order chi connectivity index (χ0) is 14.6. The molecule has 0 radical (unpaired) electrons. The maximum absolute atomic E-state index is 13.5. The first-order chi connectivity index (χ1) is 9.50. The fourth-order valence-electron chi connectivity index (χ4n) is 1.78. The minimum Gasteiger partial charge on any atom is -0.429 e. The summed E-state index contributed by atoms with van der Waals surface area (Å²) in [6, 6.07) is 13.4. The van der Waals surface area contributed by atoms with Crippen LogP contribution in [0.3, 0.4) is 0 Å². The SMILES string of the molecule is CCc1ccc(O[P@](C)(=O)Nc2ccccc2F)cc1. The standard InChI is InChI=1S/C15H17FNO2P/c1-3-12-8-10-13(11-9-12)19-20(2,18)17-15-7-5-4-6-14(15)16/h4-11H,3H2,1-2H3,(H,17,18)/t20-/m0/s1. The number of nitrogens with one attached hydrogen (secondary N) is 1. The van der Waals surface area contributed by atoms with E-state index in [0.29, 0.717) is 5.75 Å². The number of aryl methyl sites for hydroxylation is 1. The fraction of sp³-hybridized carbons (Fsp3) is 0.200. The predicted octanol–water partition coefficient (Wildman–Crippen LogP) is 4.70. The molecule has 0 saturated carbocycles. The van der Waals surface area contributed by atoms with Crippen LogP contribution in [-0.4, -0.2) is 6.66 Å². The van der Waals surface area contributed by atoms with Gasteiger partial charge in [-0.15, -0.1) is 0 Å². The maximum atomic E-state index is 13.5. The third-order valence-electron chi connectivity index (χ3n) is 2.81. The van der Waals surface area contributed by atoms with Crippen molar-refractivity contribution in [2.75, 3.05) is 11.8 Å². The Hall–Kier alpha value is -1.80. The lowest BCUT2D eigenvalue weighted by Gasteiger charge is -2.17. The molecule has 3 nitrogen and oxygen atoms in total. The molecule has 0 saturated heterocycles. The molecule has 0 aromatic heterocycles. The van der Waals surface area contributed by atoms with Gasteiger partial charge in [-0.3, -0.25) is 4.57 Å². The van der Waals surface area contributed by atoms with E-state index in [9.17, 15) is 8.96 Å². The van der Waals surface area contributed by atoms with Gasteiger partial charge in [0.25, 0.3) is 0 Å². The van der Waals surface area contributed by atoms with Crippen molar-refractivity contribution in [1.29, 1.82) is 0 Å². The van der Waals surface area contributed by atoms with Crippen LogP contribution in [0.1, 0.15) is 12.5 Å². The molecule has 0 aliphatic rings. The van der Waals surface area contributed by atoms with Crippen molar-refractivity contribution in [1.82, 2.24) is 0 Å². The molecule has 0 aliphatic heterocycles. The van der Waals surface area contributed by atoms with Crippen LogP contribution in [0.4, 0.5) is 10.1 Å². The molecule has 0 unspecified atom stereocenters. The molecule has 0 heterocycles. The topological polar surface area (TPSA) is 38.3 Å². The van der Waals surface area contributed by atoms with Gasteiger partial charge in [-0.2, -0.15) is 0 Å². The fourth-order valence-corrected chi connectivity index (χ4v) is 2.97. The molecule has 2 aromatic carbocycles. The number of hydrogen-bond acceptors (Lipinski definition) is 2. The number of hydrogen-bond donors (Lipinski definition) is 1. The van der Waals surface area contributed by atoms with Gasteiger partial charge in [-0.05, 0) is 36.2 Å². The molecule has 5 heteroatoms. The van der Waals surface area contributed by atoms with Crippen LogP contribution in [0.25, 0.3) is 0 Å². The molecule has 0 spiro atoms. The Labute approximate surface area is 118 Å². The average molecular weight is 293 g/mol. The van der Waals surface area contributed by atoms with Crippen LogP contribution in [0, 0.1) is 5.82 Å². The van der Waals surface area contributed by atoms with E-state index < -0.39 is 13.3 Å². The van der Waals surface area contributed by atoms with Gasteiger partial charge in [0.05, 0.1) is 5.69 Å². The second-order valence-corrected chi connectivity index (χ2v) is 6.62. The van der Waals surface area contributed by atoms with Gasteiger partial charge >= 0.3 is 7.52 Å². The normalized spacial score (nSPS) is 13.6. The van der Waals surface area contributed by atoms with Crippen molar-refractivity contribution in [3.05, 3.63) is 59.9 Å². The summed E-state index contributed by atoms with van der Waals surface area (Å²) in [5.41, 5.74) is 1.34. The first-order valence-corrected chi connectivity index (χ1v) is 8.46. The van der Waals surface area contributed by atoms with Gasteiger partial charge in [0.1, 0.15) is 11.6 Å². The Morgan fingerprint density at radius 3 is 2.40 bits per heavy atom. The number of anilines is 1. The molecule has 1 atom stereocenters. The average Bonchev–Trinajstić information content (AvgIpc) is 2.41. The zero-order valence-electron chi connectivity index (χ0n) is 11.5. The highest BCUT2D eigenvalue weighted by molar-refractivity contribution is 7.60. The summed E-state index contributed by atoms with van der Waals surface area (Å²) in [7, 11) is -3.18. The summed E-state index contributed by atoms with van der Waals surface area (Å²) in [6.45, 7) is 3.48. The predicted molar refractivity (Wildman–Crippen MR) is 80.0 cm³/mol. The zero-order valence-corrected chi connectivity index (χ0v) is 12.4. The molecule has 0 bridgehead atoms. The van der Waals surface area contributed by atoms with Crippen LogP contribution >= 0.6 is 7.52 Å². The number of benzene rings is 2. The Bertz CT molecular complexity index is 628. The van der Waals surface area contributed by atoms with Gasteiger partial charge in [-0.25, -0.2) is 4.39 Å². The molecule has 0 aliphatic carbocycles. The van der Waals surface area contributed by atoms with Crippen LogP contribution < -0.4 is 9.61 Å². The third kappa shape index (κ3) is 3.84. The van der Waals surface area contributed by atoms with Crippen molar-refractivity contribution >= 4 is 13.2 Å². The second-order valence-electron chi connectivity index (χ2n) is 4.53. The van der Waals surface area contributed by atoms with Gasteiger partial charge in [0, 0.05) is 6.66 Å². The van der Waals surface area contributed by atoms with Crippen LogP contribution in [0.2, 0.25) is 0 Å². The summed E-state index contributed by atoms with van der Waals surface area (Å²) < 4.78 is 31.3. The summed E-state index contributed by atoms with van der Waals surface area (Å²) in [5.74, 6) is 0.0383. The Balaban J connectivity index is 2.10. The molecule has 0 fully saturated rings. The van der Waals surface area contributed by atoms with E-state index in [4.69, 9.17) is 4.52 Å². The Morgan fingerprint density at radius 2 is 1.80 bits per heavy atom. The van der Waals surface area contributed by atoms with Gasteiger partial charge < -0.3 is 9.61 Å². The number of rotatable bonds is 5. The molecular weight excluding hydrogens is 276 g/mol. The van der Waals surface area contributed by atoms with E-state index in [0.717, 1.165) is 6.42 Å². The molecule has 2 rings (SSSR count). The monoisotopic (exact) mass is 293 g/mol. The summed E-state index contributed by atoms with van der Waals surface area (Å²) in [5, 5.41) is 2.62. The first-order valence-electron chi connectivity index (χ1n) is 6.39. The highest BCUT2D eigenvalue weighted by Gasteiger charge is 2.19. The largest absolute Gasteiger partial charge is 0.429 e. The van der Waals surface area contributed by atoms with Crippen molar-refractivity contribution in [2.45, 2.75) is 13.3 Å². The van der Waals surface area contributed by atoms with E-state index in [2.05, 4.69) is 12.0 Å². The highest BCUT2D eigenvalue weighted by Crippen LogP contribution is 2.43. The smallest absolute Gasteiger partial charge is 0.338 e. The van der Waals surface area contributed by atoms with Crippen LogP contribution in [0.5, 0.6) is 5.75 Å². The molecule has 0 amide bonds. The Morgan fingerprint density at radius 1 is 1.15 bits per heavy atom. The maximum Gasteiger partial charge on any atom is 0.338 e. The van der Waals surface area contributed by atoms with Crippen LogP contribution in [0.15, 0.2) is 48.5 Å². The van der Waals surface area contributed by atoms with Crippen molar-refractivity contribution in [2.24, 2.45) is 0 Å². The quantitative estimate of drug-likeness (QED) is 0.812. The number of halogens is 1. The van der Waals surface area contributed by atoms with Crippen molar-refractivity contribution in [3.8, 4) is 5.75 Å². The van der Waals surface area contributed by atoms with E-state index in [1.807, 2.05) is 12.1 Å². The Kier molecular flexibility index (Phi) is 4.46. The third-order valence-corrected chi connectivity index (χ3v) is 4.01. The molecule has 2 aromatic rings. The van der Waals surface area contributed by atoms with Gasteiger partial charge in [-0.1, -0.05) is 31.2 Å². The molecule has 20 heavy (non-hydrogen) atoms. The number of para-hydroxylation sites is 1. The van der Waals surface area contributed by atoms with E-state index in [-0.39, 0.29) is 5.69 Å².